The van der Waals surface area contributed by atoms with Crippen molar-refractivity contribution in [2.45, 2.75) is 57.0 Å². The monoisotopic (exact) mass is 254 g/mol. The maximum Gasteiger partial charge on any atom is 0.304 e. The molecule has 4 nitrogen and oxygen atoms in total. The van der Waals surface area contributed by atoms with E-state index in [4.69, 9.17) is 5.11 Å². The molecule has 0 aromatic rings. The molecule has 1 unspecified atom stereocenters. The lowest BCUT2D eigenvalue weighted by molar-refractivity contribution is -0.138. The van der Waals surface area contributed by atoms with Crippen LogP contribution >= 0.6 is 0 Å². The normalized spacial score (nSPS) is 29.1. The molecular formula is C14H26N2O2. The van der Waals surface area contributed by atoms with Gasteiger partial charge in [-0.05, 0) is 32.9 Å². The van der Waals surface area contributed by atoms with Crippen molar-refractivity contribution < 1.29 is 9.90 Å². The Morgan fingerprint density at radius 1 is 1.17 bits per heavy atom. The van der Waals surface area contributed by atoms with Gasteiger partial charge in [-0.1, -0.05) is 19.3 Å². The summed E-state index contributed by atoms with van der Waals surface area (Å²) in [5.74, 6) is -0.656. The van der Waals surface area contributed by atoms with Crippen LogP contribution in [0.5, 0.6) is 0 Å². The molecule has 104 valence electrons. The van der Waals surface area contributed by atoms with Crippen molar-refractivity contribution in [3.8, 4) is 0 Å². The van der Waals surface area contributed by atoms with Gasteiger partial charge in [0.25, 0.3) is 0 Å². The molecule has 0 aromatic carbocycles. The number of carboxylic acid groups (broad SMARTS) is 1. The highest BCUT2D eigenvalue weighted by Crippen LogP contribution is 2.26. The van der Waals surface area contributed by atoms with Crippen molar-refractivity contribution in [2.24, 2.45) is 0 Å². The van der Waals surface area contributed by atoms with Crippen LogP contribution in [-0.2, 0) is 4.79 Å². The van der Waals surface area contributed by atoms with Crippen LogP contribution in [0.1, 0.15) is 44.9 Å². The van der Waals surface area contributed by atoms with E-state index in [-0.39, 0.29) is 6.04 Å². The predicted molar refractivity (Wildman–Crippen MR) is 71.7 cm³/mol. The average Bonchev–Trinajstić information content (AvgIpc) is 2.51. The van der Waals surface area contributed by atoms with Gasteiger partial charge in [0, 0.05) is 25.2 Å². The van der Waals surface area contributed by atoms with Crippen molar-refractivity contribution in [1.29, 1.82) is 0 Å². The summed E-state index contributed by atoms with van der Waals surface area (Å²) in [4.78, 5) is 15.9. The zero-order valence-corrected chi connectivity index (χ0v) is 11.5. The Hall–Kier alpha value is -0.610. The second-order valence-electron chi connectivity index (χ2n) is 5.90. The molecular weight excluding hydrogens is 228 g/mol. The standard InChI is InChI=1S/C14H26N2O2/c1-15-8-5-9-16(12-6-3-2-4-7-12)13(11-15)10-14(17)18/h12-13H,2-11H2,1H3,(H,17,18). The molecule has 2 rings (SSSR count). The quantitative estimate of drug-likeness (QED) is 0.834. The SMILES string of the molecule is CN1CCCN(C2CCCCC2)C(CC(=O)O)C1. The lowest BCUT2D eigenvalue weighted by atomic mass is 9.92. The van der Waals surface area contributed by atoms with Gasteiger partial charge < -0.3 is 10.0 Å². The molecule has 0 radical (unpaired) electrons. The summed E-state index contributed by atoms with van der Waals surface area (Å²) in [6, 6.07) is 0.840. The number of rotatable bonds is 3. The molecule has 1 aliphatic carbocycles. The molecule has 2 aliphatic rings. The van der Waals surface area contributed by atoms with E-state index in [0.29, 0.717) is 12.5 Å². The molecule has 0 aromatic heterocycles. The van der Waals surface area contributed by atoms with Gasteiger partial charge in [0.2, 0.25) is 0 Å². The fourth-order valence-corrected chi connectivity index (χ4v) is 3.54. The van der Waals surface area contributed by atoms with Crippen LogP contribution in [-0.4, -0.2) is 59.6 Å². The fourth-order valence-electron chi connectivity index (χ4n) is 3.54. The number of likely N-dealkylation sites (N-methyl/N-ethyl adjacent to an activating group) is 1. The zero-order valence-electron chi connectivity index (χ0n) is 11.5. The summed E-state index contributed by atoms with van der Waals surface area (Å²) in [5.41, 5.74) is 0. The first-order valence-electron chi connectivity index (χ1n) is 7.33. The minimum absolute atomic E-state index is 0.207. The van der Waals surface area contributed by atoms with Crippen molar-refractivity contribution in [3.05, 3.63) is 0 Å². The van der Waals surface area contributed by atoms with Gasteiger partial charge in [-0.15, -0.1) is 0 Å². The van der Waals surface area contributed by atoms with Gasteiger partial charge in [0.05, 0.1) is 6.42 Å². The number of aliphatic carboxylic acids is 1. The molecule has 0 amide bonds. The zero-order chi connectivity index (χ0) is 13.0. The highest BCUT2D eigenvalue weighted by Gasteiger charge is 2.31. The van der Waals surface area contributed by atoms with Gasteiger partial charge in [-0.3, -0.25) is 9.69 Å². The molecule has 4 heteroatoms. The fraction of sp³-hybridized carbons (Fsp3) is 0.929. The highest BCUT2D eigenvalue weighted by atomic mass is 16.4. The van der Waals surface area contributed by atoms with Crippen LogP contribution in [0.15, 0.2) is 0 Å². The molecule has 0 spiro atoms. The second kappa shape index (κ2) is 6.53. The lowest BCUT2D eigenvalue weighted by Gasteiger charge is -2.38. The summed E-state index contributed by atoms with van der Waals surface area (Å²) in [5, 5.41) is 9.11. The summed E-state index contributed by atoms with van der Waals surface area (Å²) in [6.07, 6.45) is 7.98. The number of carboxylic acids is 1. The molecule has 1 atom stereocenters. The third-order valence-corrected chi connectivity index (χ3v) is 4.40. The molecule has 18 heavy (non-hydrogen) atoms. The summed E-state index contributed by atoms with van der Waals surface area (Å²) in [6.45, 7) is 3.08. The van der Waals surface area contributed by atoms with Gasteiger partial charge in [-0.2, -0.15) is 0 Å². The Labute approximate surface area is 110 Å². The van der Waals surface area contributed by atoms with Crippen LogP contribution in [0, 0.1) is 0 Å². The Kier molecular flexibility index (Phi) is 5.01. The third kappa shape index (κ3) is 3.69. The van der Waals surface area contributed by atoms with Gasteiger partial charge in [0.1, 0.15) is 0 Å². The Balaban J connectivity index is 2.03. The second-order valence-corrected chi connectivity index (χ2v) is 5.90. The summed E-state index contributed by atoms with van der Waals surface area (Å²) >= 11 is 0. The smallest absolute Gasteiger partial charge is 0.304 e. The van der Waals surface area contributed by atoms with Crippen LogP contribution in [0.4, 0.5) is 0 Å². The minimum Gasteiger partial charge on any atom is -0.481 e. The van der Waals surface area contributed by atoms with Crippen molar-refractivity contribution in [3.63, 3.8) is 0 Å². The number of carbonyl (C=O) groups is 1. The molecule has 1 saturated heterocycles. The maximum absolute atomic E-state index is 11.1. The molecule has 0 bridgehead atoms. The van der Waals surface area contributed by atoms with E-state index in [1.807, 2.05) is 0 Å². The Bertz CT molecular complexity index is 277. The molecule has 1 saturated carbocycles. The van der Waals surface area contributed by atoms with Crippen molar-refractivity contribution in [1.82, 2.24) is 9.80 Å². The van der Waals surface area contributed by atoms with E-state index in [9.17, 15) is 4.79 Å². The Morgan fingerprint density at radius 2 is 1.89 bits per heavy atom. The Morgan fingerprint density at radius 3 is 2.56 bits per heavy atom. The van der Waals surface area contributed by atoms with Gasteiger partial charge in [0.15, 0.2) is 0 Å². The minimum atomic E-state index is -0.656. The van der Waals surface area contributed by atoms with Crippen LogP contribution < -0.4 is 0 Å². The van der Waals surface area contributed by atoms with Crippen LogP contribution in [0.2, 0.25) is 0 Å². The maximum atomic E-state index is 11.1. The number of hydrogen-bond acceptors (Lipinski definition) is 3. The average molecular weight is 254 g/mol. The van der Waals surface area contributed by atoms with E-state index >= 15 is 0 Å². The lowest BCUT2D eigenvalue weighted by Crippen LogP contribution is -2.47. The molecule has 1 heterocycles. The van der Waals surface area contributed by atoms with Crippen molar-refractivity contribution in [2.75, 3.05) is 26.7 Å². The topological polar surface area (TPSA) is 43.8 Å². The van der Waals surface area contributed by atoms with Gasteiger partial charge >= 0.3 is 5.97 Å². The molecule has 1 aliphatic heterocycles. The first-order valence-corrected chi connectivity index (χ1v) is 7.33. The van der Waals surface area contributed by atoms with E-state index in [1.54, 1.807) is 0 Å². The first kappa shape index (κ1) is 13.8. The predicted octanol–water partition coefficient (Wildman–Crippen LogP) is 1.80. The molecule has 1 N–H and O–H groups in total. The van der Waals surface area contributed by atoms with Crippen molar-refractivity contribution >= 4 is 5.97 Å². The van der Waals surface area contributed by atoms with E-state index < -0.39 is 5.97 Å². The van der Waals surface area contributed by atoms with E-state index in [0.717, 1.165) is 19.6 Å². The third-order valence-electron chi connectivity index (χ3n) is 4.40. The number of hydrogen-bond donors (Lipinski definition) is 1. The van der Waals surface area contributed by atoms with E-state index in [1.165, 1.54) is 38.5 Å². The largest absolute Gasteiger partial charge is 0.481 e. The summed E-state index contributed by atoms with van der Waals surface area (Å²) in [7, 11) is 2.11. The summed E-state index contributed by atoms with van der Waals surface area (Å²) < 4.78 is 0. The van der Waals surface area contributed by atoms with Crippen LogP contribution in [0.3, 0.4) is 0 Å². The van der Waals surface area contributed by atoms with Crippen LogP contribution in [0.25, 0.3) is 0 Å². The van der Waals surface area contributed by atoms with Gasteiger partial charge in [-0.25, -0.2) is 0 Å². The molecule has 2 fully saturated rings. The first-order chi connectivity index (χ1) is 8.66. The van der Waals surface area contributed by atoms with E-state index in [2.05, 4.69) is 16.8 Å². The highest BCUT2D eigenvalue weighted by molar-refractivity contribution is 5.67. The number of nitrogens with zero attached hydrogens (tertiary/aromatic N) is 2.